The summed E-state index contributed by atoms with van der Waals surface area (Å²) >= 11 is 17.5. The molecule has 2 aliphatic rings. The van der Waals surface area contributed by atoms with Crippen molar-refractivity contribution in [1.29, 1.82) is 0 Å². The minimum absolute atomic E-state index is 0.187. The van der Waals surface area contributed by atoms with Crippen molar-refractivity contribution in [2.75, 3.05) is 59.0 Å². The minimum Gasteiger partial charge on any atom is -0.378 e. The third-order valence-corrected chi connectivity index (χ3v) is 5.95. The summed E-state index contributed by atoms with van der Waals surface area (Å²) in [4.78, 5) is 18.6. The Morgan fingerprint density at radius 1 is 1.04 bits per heavy atom. The van der Waals surface area contributed by atoms with Gasteiger partial charge < -0.3 is 19.9 Å². The van der Waals surface area contributed by atoms with E-state index in [1.807, 2.05) is 17.0 Å². The fourth-order valence-electron chi connectivity index (χ4n) is 3.15. The van der Waals surface area contributed by atoms with E-state index in [1.165, 1.54) is 0 Å². The molecule has 1 amide bonds. The second kappa shape index (κ2) is 9.89. The van der Waals surface area contributed by atoms with Crippen LogP contribution in [0.4, 0.5) is 0 Å². The number of benzene rings is 1. The van der Waals surface area contributed by atoms with Gasteiger partial charge in [0.15, 0.2) is 5.11 Å². The van der Waals surface area contributed by atoms with Crippen LogP contribution in [0.25, 0.3) is 0 Å². The number of nitrogens with zero attached hydrogens (tertiary/aromatic N) is 3. The number of carbonyl (C=O) groups excluding carboxylic acids is 1. The van der Waals surface area contributed by atoms with Crippen LogP contribution < -0.4 is 5.32 Å². The third kappa shape index (κ3) is 5.93. The number of thiocarbonyl (C=S) groups is 1. The Labute approximate surface area is 175 Å². The van der Waals surface area contributed by atoms with E-state index in [2.05, 4.69) is 15.1 Å². The number of ether oxygens (including phenoxy) is 1. The van der Waals surface area contributed by atoms with Gasteiger partial charge in [0.05, 0.1) is 29.8 Å². The van der Waals surface area contributed by atoms with Gasteiger partial charge in [0.2, 0.25) is 5.91 Å². The molecule has 0 radical (unpaired) electrons. The maximum atomic E-state index is 12.3. The van der Waals surface area contributed by atoms with Crippen LogP contribution in [0.3, 0.4) is 0 Å². The molecule has 1 N–H and O–H groups in total. The van der Waals surface area contributed by atoms with Gasteiger partial charge in [-0.25, -0.2) is 0 Å². The Kier molecular flexibility index (Phi) is 7.55. The first-order valence-corrected chi connectivity index (χ1v) is 10.2. The van der Waals surface area contributed by atoms with Crippen molar-refractivity contribution in [2.24, 2.45) is 0 Å². The summed E-state index contributed by atoms with van der Waals surface area (Å²) in [6.45, 7) is 7.00. The first kappa shape index (κ1) is 20.6. The highest BCUT2D eigenvalue weighted by molar-refractivity contribution is 7.80. The number of rotatable bonds is 4. The molecule has 2 aliphatic heterocycles. The van der Waals surface area contributed by atoms with Crippen LogP contribution in [0, 0.1) is 0 Å². The standard InChI is InChI=1S/C18H24Cl2N4O2S/c19-15-2-1-14(11-16(15)20)12-21-18(27)24-5-3-22(4-6-24)13-17(25)23-7-9-26-10-8-23/h1-2,11H,3-10,12-13H2,(H,21,27). The molecule has 9 heteroatoms. The second-order valence-electron chi connectivity index (χ2n) is 6.66. The van der Waals surface area contributed by atoms with Gasteiger partial charge in [-0.1, -0.05) is 29.3 Å². The van der Waals surface area contributed by atoms with Gasteiger partial charge in [-0.2, -0.15) is 0 Å². The molecule has 0 saturated carbocycles. The van der Waals surface area contributed by atoms with E-state index in [1.54, 1.807) is 6.07 Å². The maximum Gasteiger partial charge on any atom is 0.236 e. The number of hydrogen-bond donors (Lipinski definition) is 1. The normalized spacial score (nSPS) is 18.4. The lowest BCUT2D eigenvalue weighted by molar-refractivity contribution is -0.136. The molecule has 2 heterocycles. The van der Waals surface area contributed by atoms with Gasteiger partial charge in [-0.05, 0) is 29.9 Å². The van der Waals surface area contributed by atoms with Gasteiger partial charge in [0, 0.05) is 45.8 Å². The molecule has 2 fully saturated rings. The van der Waals surface area contributed by atoms with Gasteiger partial charge in [-0.15, -0.1) is 0 Å². The zero-order chi connectivity index (χ0) is 19.2. The van der Waals surface area contributed by atoms with Crippen LogP contribution in [0.15, 0.2) is 18.2 Å². The van der Waals surface area contributed by atoms with Crippen LogP contribution in [-0.4, -0.2) is 84.7 Å². The van der Waals surface area contributed by atoms with Crippen LogP contribution in [-0.2, 0) is 16.1 Å². The number of halogens is 2. The predicted molar refractivity (Wildman–Crippen MR) is 111 cm³/mol. The van der Waals surface area contributed by atoms with Crippen LogP contribution in [0.5, 0.6) is 0 Å². The fraction of sp³-hybridized carbons (Fsp3) is 0.556. The number of piperazine rings is 1. The third-order valence-electron chi connectivity index (χ3n) is 4.81. The van der Waals surface area contributed by atoms with E-state index in [-0.39, 0.29) is 5.91 Å². The van der Waals surface area contributed by atoms with Crippen molar-refractivity contribution in [2.45, 2.75) is 6.54 Å². The lowest BCUT2D eigenvalue weighted by Crippen LogP contribution is -2.54. The monoisotopic (exact) mass is 430 g/mol. The topological polar surface area (TPSA) is 48.1 Å². The number of amides is 1. The van der Waals surface area contributed by atoms with Crippen molar-refractivity contribution in [3.8, 4) is 0 Å². The van der Waals surface area contributed by atoms with E-state index in [0.717, 1.165) is 36.9 Å². The highest BCUT2D eigenvalue weighted by Gasteiger charge is 2.23. The van der Waals surface area contributed by atoms with Gasteiger partial charge in [0.1, 0.15) is 0 Å². The molecule has 0 bridgehead atoms. The highest BCUT2D eigenvalue weighted by Crippen LogP contribution is 2.22. The average Bonchev–Trinajstić information content (AvgIpc) is 2.70. The largest absolute Gasteiger partial charge is 0.378 e. The smallest absolute Gasteiger partial charge is 0.236 e. The van der Waals surface area contributed by atoms with E-state index >= 15 is 0 Å². The van der Waals surface area contributed by atoms with Crippen molar-refractivity contribution >= 4 is 46.4 Å². The summed E-state index contributed by atoms with van der Waals surface area (Å²) in [7, 11) is 0. The van der Waals surface area contributed by atoms with Crippen molar-refractivity contribution in [3.05, 3.63) is 33.8 Å². The molecule has 6 nitrogen and oxygen atoms in total. The number of morpholine rings is 1. The molecular formula is C18H24Cl2N4O2S. The van der Waals surface area contributed by atoms with E-state index in [9.17, 15) is 4.79 Å². The molecule has 148 valence electrons. The zero-order valence-corrected chi connectivity index (χ0v) is 17.5. The summed E-state index contributed by atoms with van der Waals surface area (Å²) in [6.07, 6.45) is 0. The molecular weight excluding hydrogens is 407 g/mol. The lowest BCUT2D eigenvalue weighted by Gasteiger charge is -2.37. The summed E-state index contributed by atoms with van der Waals surface area (Å²) in [6, 6.07) is 5.56. The molecule has 0 spiro atoms. The Bertz CT molecular complexity index is 677. The summed E-state index contributed by atoms with van der Waals surface area (Å²) in [5.41, 5.74) is 1.03. The Morgan fingerprint density at radius 3 is 2.41 bits per heavy atom. The zero-order valence-electron chi connectivity index (χ0n) is 15.1. The number of hydrogen-bond acceptors (Lipinski definition) is 4. The number of carbonyl (C=O) groups is 1. The van der Waals surface area contributed by atoms with E-state index < -0.39 is 0 Å². The van der Waals surface area contributed by atoms with Crippen LogP contribution >= 0.6 is 35.4 Å². The molecule has 0 aliphatic carbocycles. The van der Waals surface area contributed by atoms with Gasteiger partial charge >= 0.3 is 0 Å². The van der Waals surface area contributed by atoms with Crippen molar-refractivity contribution in [1.82, 2.24) is 20.0 Å². The van der Waals surface area contributed by atoms with Crippen molar-refractivity contribution in [3.63, 3.8) is 0 Å². The molecule has 2 saturated heterocycles. The summed E-state index contributed by atoms with van der Waals surface area (Å²) in [5, 5.41) is 5.08. The summed E-state index contributed by atoms with van der Waals surface area (Å²) in [5.74, 6) is 0.187. The molecule has 1 aromatic carbocycles. The Morgan fingerprint density at radius 2 is 1.74 bits per heavy atom. The minimum atomic E-state index is 0.187. The SMILES string of the molecule is O=C(CN1CCN(C(=S)NCc2ccc(Cl)c(Cl)c2)CC1)N1CCOCC1. The first-order valence-electron chi connectivity index (χ1n) is 9.07. The molecule has 0 aromatic heterocycles. The highest BCUT2D eigenvalue weighted by atomic mass is 35.5. The second-order valence-corrected chi connectivity index (χ2v) is 7.86. The first-order chi connectivity index (χ1) is 13.0. The van der Waals surface area contributed by atoms with E-state index in [4.69, 9.17) is 40.2 Å². The average molecular weight is 431 g/mol. The van der Waals surface area contributed by atoms with Gasteiger partial charge in [-0.3, -0.25) is 9.69 Å². The molecule has 0 unspecified atom stereocenters. The fourth-order valence-corrected chi connectivity index (χ4v) is 3.73. The molecule has 1 aromatic rings. The quantitative estimate of drug-likeness (QED) is 0.735. The Balaban J connectivity index is 1.39. The van der Waals surface area contributed by atoms with Crippen molar-refractivity contribution < 1.29 is 9.53 Å². The van der Waals surface area contributed by atoms with E-state index in [0.29, 0.717) is 49.4 Å². The Hall–Kier alpha value is -1.12. The molecule has 0 atom stereocenters. The number of nitrogens with one attached hydrogen (secondary N) is 1. The summed E-state index contributed by atoms with van der Waals surface area (Å²) < 4.78 is 5.30. The molecule has 3 rings (SSSR count). The maximum absolute atomic E-state index is 12.3. The molecule has 27 heavy (non-hydrogen) atoms. The van der Waals surface area contributed by atoms with Crippen LogP contribution in [0.2, 0.25) is 10.0 Å². The lowest BCUT2D eigenvalue weighted by atomic mass is 10.2. The van der Waals surface area contributed by atoms with Gasteiger partial charge in [0.25, 0.3) is 0 Å². The predicted octanol–water partition coefficient (Wildman–Crippen LogP) is 1.84. The van der Waals surface area contributed by atoms with Crippen LogP contribution in [0.1, 0.15) is 5.56 Å².